The molecule has 0 aliphatic rings. The molecule has 3 aromatic carbocycles. The van der Waals surface area contributed by atoms with Gasteiger partial charge in [-0.05, 0) is 41.5 Å². The van der Waals surface area contributed by atoms with Gasteiger partial charge in [-0.3, -0.25) is 4.79 Å². The Morgan fingerprint density at radius 2 is 1.71 bits per heavy atom. The average Bonchev–Trinajstić information content (AvgIpc) is 2.76. The van der Waals surface area contributed by atoms with E-state index in [4.69, 9.17) is 9.47 Å². The molecule has 142 valence electrons. The number of hydrogen-bond acceptors (Lipinski definition) is 3. The summed E-state index contributed by atoms with van der Waals surface area (Å²) in [6.45, 7) is 4.33. The van der Waals surface area contributed by atoms with E-state index < -0.39 is 0 Å². The van der Waals surface area contributed by atoms with Crippen molar-refractivity contribution in [2.45, 2.75) is 6.61 Å². The van der Waals surface area contributed by atoms with Gasteiger partial charge in [-0.2, -0.15) is 0 Å². The monoisotopic (exact) mass is 373 g/mol. The van der Waals surface area contributed by atoms with Crippen LogP contribution in [0.15, 0.2) is 85.5 Å². The van der Waals surface area contributed by atoms with Crippen LogP contribution in [0.2, 0.25) is 0 Å². The number of carbonyl (C=O) groups excluding carboxylic acids is 1. The molecule has 0 radical (unpaired) electrons. The van der Waals surface area contributed by atoms with Crippen molar-refractivity contribution in [2.75, 3.05) is 13.7 Å². The second-order valence-corrected chi connectivity index (χ2v) is 6.20. The molecule has 4 nitrogen and oxygen atoms in total. The third kappa shape index (κ3) is 4.80. The number of hydrogen-bond donors (Lipinski definition) is 1. The minimum absolute atomic E-state index is 0.156. The minimum atomic E-state index is -0.156. The van der Waals surface area contributed by atoms with E-state index in [-0.39, 0.29) is 5.91 Å². The lowest BCUT2D eigenvalue weighted by Crippen LogP contribution is -2.23. The van der Waals surface area contributed by atoms with Gasteiger partial charge in [-0.1, -0.05) is 48.5 Å². The van der Waals surface area contributed by atoms with E-state index in [2.05, 4.69) is 24.0 Å². The van der Waals surface area contributed by atoms with Crippen LogP contribution in [-0.4, -0.2) is 19.6 Å². The first-order chi connectivity index (χ1) is 13.7. The van der Waals surface area contributed by atoms with Crippen molar-refractivity contribution in [3.63, 3.8) is 0 Å². The predicted octanol–water partition coefficient (Wildman–Crippen LogP) is 4.86. The first-order valence-corrected chi connectivity index (χ1v) is 9.05. The molecule has 0 saturated carbocycles. The summed E-state index contributed by atoms with van der Waals surface area (Å²) in [4.78, 5) is 12.2. The second kappa shape index (κ2) is 9.42. The molecule has 0 aromatic heterocycles. The van der Waals surface area contributed by atoms with E-state index in [1.54, 1.807) is 31.4 Å². The first kappa shape index (κ1) is 19.2. The second-order valence-electron chi connectivity index (χ2n) is 6.20. The largest absolute Gasteiger partial charge is 0.496 e. The smallest absolute Gasteiger partial charge is 0.251 e. The van der Waals surface area contributed by atoms with Gasteiger partial charge in [0.1, 0.15) is 18.1 Å². The maximum atomic E-state index is 12.2. The van der Waals surface area contributed by atoms with Crippen LogP contribution in [-0.2, 0) is 6.61 Å². The molecule has 0 saturated heterocycles. The van der Waals surface area contributed by atoms with Crippen molar-refractivity contribution in [1.82, 2.24) is 5.32 Å². The minimum Gasteiger partial charge on any atom is -0.496 e. The third-order valence-corrected chi connectivity index (χ3v) is 4.31. The Bertz CT molecular complexity index is 934. The highest BCUT2D eigenvalue weighted by Gasteiger charge is 2.10. The summed E-state index contributed by atoms with van der Waals surface area (Å²) in [6.07, 6.45) is 1.64. The summed E-state index contributed by atoms with van der Waals surface area (Å²) in [5.41, 5.74) is 3.65. The molecule has 1 N–H and O–H groups in total. The number of ether oxygens (including phenoxy) is 2. The zero-order valence-electron chi connectivity index (χ0n) is 15.9. The zero-order valence-corrected chi connectivity index (χ0v) is 15.9. The van der Waals surface area contributed by atoms with E-state index in [0.717, 1.165) is 22.4 Å². The van der Waals surface area contributed by atoms with Crippen molar-refractivity contribution in [1.29, 1.82) is 0 Å². The van der Waals surface area contributed by atoms with Crippen LogP contribution in [0, 0.1) is 0 Å². The SMILES string of the molecule is C=CCNC(=O)c1ccc(OC)c(COc2ccc(-c3ccccc3)cc2)c1. The average molecular weight is 373 g/mol. The zero-order chi connectivity index (χ0) is 19.8. The molecule has 3 rings (SSSR count). The van der Waals surface area contributed by atoms with Crippen molar-refractivity contribution in [3.8, 4) is 22.6 Å². The fraction of sp³-hybridized carbons (Fsp3) is 0.125. The maximum absolute atomic E-state index is 12.2. The predicted molar refractivity (Wildman–Crippen MR) is 112 cm³/mol. The Morgan fingerprint density at radius 3 is 2.39 bits per heavy atom. The maximum Gasteiger partial charge on any atom is 0.251 e. The molecule has 0 heterocycles. The first-order valence-electron chi connectivity index (χ1n) is 9.05. The van der Waals surface area contributed by atoms with Crippen molar-refractivity contribution in [3.05, 3.63) is 96.6 Å². The Morgan fingerprint density at radius 1 is 1.00 bits per heavy atom. The molecule has 0 spiro atoms. The van der Waals surface area contributed by atoms with E-state index >= 15 is 0 Å². The van der Waals surface area contributed by atoms with Gasteiger partial charge in [-0.15, -0.1) is 6.58 Å². The van der Waals surface area contributed by atoms with Crippen LogP contribution in [0.3, 0.4) is 0 Å². The number of amides is 1. The van der Waals surface area contributed by atoms with Gasteiger partial charge < -0.3 is 14.8 Å². The molecule has 28 heavy (non-hydrogen) atoms. The van der Waals surface area contributed by atoms with E-state index in [9.17, 15) is 4.79 Å². The summed E-state index contributed by atoms with van der Waals surface area (Å²) < 4.78 is 11.3. The highest BCUT2D eigenvalue weighted by atomic mass is 16.5. The number of nitrogens with one attached hydrogen (secondary N) is 1. The standard InChI is InChI=1S/C24H23NO3/c1-3-15-25-24(26)20-11-14-23(27-2)21(16-20)17-28-22-12-9-19(10-13-22)18-7-5-4-6-8-18/h3-14,16H,1,15,17H2,2H3,(H,25,26). The van der Waals surface area contributed by atoms with Gasteiger partial charge in [0.15, 0.2) is 0 Å². The topological polar surface area (TPSA) is 47.6 Å². The molecule has 0 aliphatic carbocycles. The normalized spacial score (nSPS) is 10.2. The lowest BCUT2D eigenvalue weighted by Gasteiger charge is -2.12. The van der Waals surface area contributed by atoms with Crippen LogP contribution in [0.25, 0.3) is 11.1 Å². The van der Waals surface area contributed by atoms with Gasteiger partial charge in [0.05, 0.1) is 7.11 Å². The summed E-state index contributed by atoms with van der Waals surface area (Å²) in [5, 5.41) is 2.77. The number of rotatable bonds is 8. The fourth-order valence-electron chi connectivity index (χ4n) is 2.83. The van der Waals surface area contributed by atoms with Crippen LogP contribution in [0.4, 0.5) is 0 Å². The number of benzene rings is 3. The van der Waals surface area contributed by atoms with Crippen LogP contribution in [0.1, 0.15) is 15.9 Å². The molecule has 0 aliphatic heterocycles. The highest BCUT2D eigenvalue weighted by Crippen LogP contribution is 2.25. The Hall–Kier alpha value is -3.53. The summed E-state index contributed by atoms with van der Waals surface area (Å²) >= 11 is 0. The molecule has 3 aromatic rings. The van der Waals surface area contributed by atoms with Crippen molar-refractivity contribution in [2.24, 2.45) is 0 Å². The van der Waals surface area contributed by atoms with E-state index in [0.29, 0.717) is 24.5 Å². The van der Waals surface area contributed by atoms with Gasteiger partial charge in [-0.25, -0.2) is 0 Å². The molecule has 0 fully saturated rings. The molecule has 0 atom stereocenters. The van der Waals surface area contributed by atoms with Crippen LogP contribution in [0.5, 0.6) is 11.5 Å². The van der Waals surface area contributed by atoms with Crippen LogP contribution < -0.4 is 14.8 Å². The summed E-state index contributed by atoms with van der Waals surface area (Å²) in [6, 6.07) is 23.4. The lowest BCUT2D eigenvalue weighted by molar-refractivity contribution is 0.0958. The number of methoxy groups -OCH3 is 1. The van der Waals surface area contributed by atoms with E-state index in [1.165, 1.54) is 0 Å². The van der Waals surface area contributed by atoms with Gasteiger partial charge in [0, 0.05) is 17.7 Å². The quantitative estimate of drug-likeness (QED) is 0.574. The van der Waals surface area contributed by atoms with E-state index in [1.807, 2.05) is 42.5 Å². The highest BCUT2D eigenvalue weighted by molar-refractivity contribution is 5.94. The Kier molecular flexibility index (Phi) is 6.47. The van der Waals surface area contributed by atoms with Crippen molar-refractivity contribution >= 4 is 5.91 Å². The molecular weight excluding hydrogens is 350 g/mol. The Balaban J connectivity index is 1.71. The molecule has 1 amide bonds. The van der Waals surface area contributed by atoms with Gasteiger partial charge in [0.2, 0.25) is 0 Å². The Labute approximate surface area is 165 Å². The summed E-state index contributed by atoms with van der Waals surface area (Å²) in [7, 11) is 1.60. The fourth-order valence-corrected chi connectivity index (χ4v) is 2.83. The van der Waals surface area contributed by atoms with Crippen molar-refractivity contribution < 1.29 is 14.3 Å². The molecule has 4 heteroatoms. The van der Waals surface area contributed by atoms with Gasteiger partial charge in [0.25, 0.3) is 5.91 Å². The molecular formula is C24H23NO3. The lowest BCUT2D eigenvalue weighted by atomic mass is 10.1. The molecule has 0 unspecified atom stereocenters. The van der Waals surface area contributed by atoms with Crippen LogP contribution >= 0.6 is 0 Å². The molecule has 0 bridgehead atoms. The third-order valence-electron chi connectivity index (χ3n) is 4.31. The summed E-state index contributed by atoms with van der Waals surface area (Å²) in [5.74, 6) is 1.28. The van der Waals surface area contributed by atoms with Gasteiger partial charge >= 0.3 is 0 Å². The number of carbonyl (C=O) groups is 1.